The summed E-state index contributed by atoms with van der Waals surface area (Å²) in [7, 11) is 0. The molecule has 0 atom stereocenters. The Morgan fingerprint density at radius 3 is 2.68 bits per heavy atom. The smallest absolute Gasteiger partial charge is 0.250 e. The van der Waals surface area contributed by atoms with Crippen LogP contribution in [0.25, 0.3) is 38.5 Å². The predicted octanol–water partition coefficient (Wildman–Crippen LogP) is 5.66. The fourth-order valence-electron chi connectivity index (χ4n) is 3.16. The Balaban J connectivity index is 1.46. The van der Waals surface area contributed by atoms with Crippen molar-refractivity contribution in [1.29, 1.82) is 0 Å². The molecule has 1 amide bonds. The van der Waals surface area contributed by atoms with E-state index in [1.54, 1.807) is 17.4 Å². The predicted molar refractivity (Wildman–Crippen MR) is 106 cm³/mol. The molecule has 0 saturated carbocycles. The summed E-state index contributed by atoms with van der Waals surface area (Å²) in [6.07, 6.45) is 3.37. The van der Waals surface area contributed by atoms with Crippen molar-refractivity contribution in [3.63, 3.8) is 0 Å². The van der Waals surface area contributed by atoms with Gasteiger partial charge in [0.2, 0.25) is 5.91 Å². The van der Waals surface area contributed by atoms with Crippen molar-refractivity contribution >= 4 is 50.6 Å². The van der Waals surface area contributed by atoms with Crippen LogP contribution in [0.5, 0.6) is 0 Å². The Kier molecular flexibility index (Phi) is 3.29. The second kappa shape index (κ2) is 5.65. The molecule has 1 aliphatic rings. The highest BCUT2D eigenvalue weighted by molar-refractivity contribution is 7.20. The second-order valence-corrected chi connectivity index (χ2v) is 7.72. The van der Waals surface area contributed by atoms with Crippen LogP contribution in [0.4, 0.5) is 5.13 Å². The highest BCUT2D eigenvalue weighted by Gasteiger charge is 2.25. The zero-order valence-corrected chi connectivity index (χ0v) is 14.7. The number of aromatic nitrogens is 1. The summed E-state index contributed by atoms with van der Waals surface area (Å²) in [5.41, 5.74) is 3.32. The topological polar surface area (TPSA) is 42.0 Å². The first kappa shape index (κ1) is 14.6. The maximum atomic E-state index is 12.1. The maximum absolute atomic E-state index is 12.1. The highest BCUT2D eigenvalue weighted by atomic mass is 32.1. The van der Waals surface area contributed by atoms with Crippen LogP contribution in [0.3, 0.4) is 0 Å². The van der Waals surface area contributed by atoms with Gasteiger partial charge in [-0.2, -0.15) is 0 Å². The number of hydrogen-bond acceptors (Lipinski definition) is 4. The number of amides is 1. The van der Waals surface area contributed by atoms with Gasteiger partial charge >= 0.3 is 0 Å². The van der Waals surface area contributed by atoms with E-state index in [4.69, 9.17) is 0 Å². The van der Waals surface area contributed by atoms with Crippen LogP contribution in [0, 0.1) is 0 Å². The van der Waals surface area contributed by atoms with Crippen LogP contribution in [0.2, 0.25) is 0 Å². The van der Waals surface area contributed by atoms with Crippen LogP contribution in [0.1, 0.15) is 4.88 Å². The van der Waals surface area contributed by atoms with Gasteiger partial charge in [-0.15, -0.1) is 11.3 Å². The molecule has 0 spiro atoms. The average Bonchev–Trinajstić information content (AvgIpc) is 3.33. The number of rotatable bonds is 3. The van der Waals surface area contributed by atoms with E-state index in [2.05, 4.69) is 46.7 Å². The summed E-state index contributed by atoms with van der Waals surface area (Å²) in [6.45, 7) is 0. The van der Waals surface area contributed by atoms with E-state index in [1.807, 2.05) is 23.6 Å². The molecule has 5 rings (SSSR count). The molecular formula is C20H12N2OS2. The fraction of sp³-hybridized carbons (Fsp3) is 0. The van der Waals surface area contributed by atoms with Gasteiger partial charge in [-0.05, 0) is 28.3 Å². The van der Waals surface area contributed by atoms with Crippen molar-refractivity contribution in [3.05, 3.63) is 64.9 Å². The molecule has 25 heavy (non-hydrogen) atoms. The zero-order chi connectivity index (χ0) is 16.8. The van der Waals surface area contributed by atoms with Crippen molar-refractivity contribution in [3.8, 4) is 21.7 Å². The molecule has 3 nitrogen and oxygen atoms in total. The van der Waals surface area contributed by atoms with E-state index < -0.39 is 0 Å². The van der Waals surface area contributed by atoms with Gasteiger partial charge in [0.1, 0.15) is 0 Å². The van der Waals surface area contributed by atoms with Crippen molar-refractivity contribution in [2.24, 2.45) is 0 Å². The van der Waals surface area contributed by atoms with Crippen molar-refractivity contribution in [1.82, 2.24) is 4.98 Å². The Morgan fingerprint density at radius 2 is 1.88 bits per heavy atom. The van der Waals surface area contributed by atoms with E-state index in [9.17, 15) is 4.79 Å². The molecule has 0 bridgehead atoms. The lowest BCUT2D eigenvalue weighted by Crippen LogP contribution is -2.07. The Morgan fingerprint density at radius 1 is 1.04 bits per heavy atom. The molecular weight excluding hydrogens is 348 g/mol. The molecule has 5 heteroatoms. The molecule has 2 aromatic carbocycles. The molecule has 0 fully saturated rings. The molecule has 4 aromatic rings. The number of thiazole rings is 1. The largest absolute Gasteiger partial charge is 0.298 e. The van der Waals surface area contributed by atoms with E-state index in [1.165, 1.54) is 27.7 Å². The van der Waals surface area contributed by atoms with Crippen LogP contribution in [-0.2, 0) is 4.79 Å². The number of hydrogen-bond donors (Lipinski definition) is 1. The first-order valence-corrected chi connectivity index (χ1v) is 9.55. The van der Waals surface area contributed by atoms with E-state index in [0.717, 1.165) is 21.0 Å². The quantitative estimate of drug-likeness (QED) is 0.422. The zero-order valence-electron chi connectivity index (χ0n) is 13.0. The molecule has 1 N–H and O–H groups in total. The highest BCUT2D eigenvalue weighted by Crippen LogP contribution is 2.50. The molecule has 0 radical (unpaired) electrons. The van der Waals surface area contributed by atoms with Gasteiger partial charge in [0.25, 0.3) is 0 Å². The van der Waals surface area contributed by atoms with Gasteiger partial charge in [0.05, 0.1) is 10.6 Å². The molecule has 2 heterocycles. The van der Waals surface area contributed by atoms with Gasteiger partial charge < -0.3 is 0 Å². The van der Waals surface area contributed by atoms with Crippen LogP contribution in [-0.4, -0.2) is 10.9 Å². The number of nitrogens with one attached hydrogen (secondary N) is 1. The lowest BCUT2D eigenvalue weighted by atomic mass is 10.0. The number of benzene rings is 2. The third kappa shape index (κ3) is 2.40. The van der Waals surface area contributed by atoms with E-state index in [0.29, 0.717) is 5.13 Å². The SMILES string of the molecule is O=C(C=Cc1cccs1)Nc1nc2c(s1)-c1cccc3cccc-2c13. The normalized spacial score (nSPS) is 12.0. The van der Waals surface area contributed by atoms with E-state index in [-0.39, 0.29) is 5.91 Å². The summed E-state index contributed by atoms with van der Waals surface area (Å²) in [6, 6.07) is 16.5. The number of anilines is 1. The van der Waals surface area contributed by atoms with Crippen LogP contribution in [0.15, 0.2) is 60.0 Å². The maximum Gasteiger partial charge on any atom is 0.250 e. The molecule has 0 saturated heterocycles. The number of carbonyl (C=O) groups is 1. The minimum Gasteiger partial charge on any atom is -0.298 e. The number of carbonyl (C=O) groups excluding carboxylic acids is 1. The third-order valence-corrected chi connectivity index (χ3v) is 6.05. The number of fused-ring (bicyclic) bond motifs is 3. The van der Waals surface area contributed by atoms with Crippen molar-refractivity contribution in [2.75, 3.05) is 5.32 Å². The van der Waals surface area contributed by atoms with Crippen molar-refractivity contribution < 1.29 is 4.79 Å². The van der Waals surface area contributed by atoms with Gasteiger partial charge in [0.15, 0.2) is 5.13 Å². The summed E-state index contributed by atoms with van der Waals surface area (Å²) >= 11 is 3.13. The van der Waals surface area contributed by atoms with Gasteiger partial charge in [0, 0.05) is 22.1 Å². The second-order valence-electron chi connectivity index (χ2n) is 5.74. The first-order valence-electron chi connectivity index (χ1n) is 7.85. The fourth-order valence-corrected chi connectivity index (χ4v) is 4.79. The first-order chi connectivity index (χ1) is 12.3. The minimum atomic E-state index is -0.160. The van der Waals surface area contributed by atoms with Crippen LogP contribution >= 0.6 is 22.7 Å². The third-order valence-electron chi connectivity index (χ3n) is 4.20. The standard InChI is InChI=1S/C20H12N2OS2/c23-16(10-9-13-6-3-11-24-13)21-20-22-18-14-7-1-4-12-5-2-8-15(17(12)14)19(18)25-20/h1-11H,(H,21,22,23). The lowest BCUT2D eigenvalue weighted by Gasteiger charge is -2.02. The molecule has 120 valence electrons. The Bertz CT molecular complexity index is 1080. The Hall–Kier alpha value is -2.76. The number of nitrogens with zero attached hydrogens (tertiary/aromatic N) is 1. The minimum absolute atomic E-state index is 0.160. The summed E-state index contributed by atoms with van der Waals surface area (Å²) < 4.78 is 0. The molecule has 1 aliphatic carbocycles. The Labute approximate surface area is 152 Å². The molecule has 0 unspecified atom stereocenters. The summed E-state index contributed by atoms with van der Waals surface area (Å²) in [4.78, 5) is 19.0. The average molecular weight is 360 g/mol. The van der Waals surface area contributed by atoms with Crippen molar-refractivity contribution in [2.45, 2.75) is 0 Å². The number of thiophene rings is 1. The lowest BCUT2D eigenvalue weighted by molar-refractivity contribution is -0.111. The monoisotopic (exact) mass is 360 g/mol. The van der Waals surface area contributed by atoms with Gasteiger partial charge in [-0.3, -0.25) is 10.1 Å². The van der Waals surface area contributed by atoms with E-state index >= 15 is 0 Å². The molecule has 2 aromatic heterocycles. The van der Waals surface area contributed by atoms with Crippen LogP contribution < -0.4 is 5.32 Å². The molecule has 0 aliphatic heterocycles. The van der Waals surface area contributed by atoms with Gasteiger partial charge in [-0.25, -0.2) is 4.98 Å². The van der Waals surface area contributed by atoms with Gasteiger partial charge in [-0.1, -0.05) is 53.8 Å². The summed E-state index contributed by atoms with van der Waals surface area (Å²) in [5, 5.41) is 7.99. The summed E-state index contributed by atoms with van der Waals surface area (Å²) in [5.74, 6) is -0.160.